The monoisotopic (exact) mass is 251 g/mol. The van der Waals surface area contributed by atoms with Crippen molar-refractivity contribution in [1.29, 1.82) is 0 Å². The van der Waals surface area contributed by atoms with E-state index in [2.05, 4.69) is 0 Å². The van der Waals surface area contributed by atoms with E-state index in [1.54, 1.807) is 26.4 Å². The van der Waals surface area contributed by atoms with Crippen molar-refractivity contribution in [3.05, 3.63) is 23.3 Å². The highest BCUT2D eigenvalue weighted by Crippen LogP contribution is 2.29. The first-order valence-corrected chi connectivity index (χ1v) is 5.94. The zero-order chi connectivity index (χ0) is 13.9. The molecule has 0 aliphatic heterocycles. The Balaban J connectivity index is 3.25. The molecule has 4 nitrogen and oxygen atoms in total. The van der Waals surface area contributed by atoms with Gasteiger partial charge in [0.25, 0.3) is 0 Å². The number of nitrogens with two attached hydrogens (primary N) is 1. The smallest absolute Gasteiger partial charge is 0.183 e. The third kappa shape index (κ3) is 2.82. The number of benzene rings is 1. The van der Waals surface area contributed by atoms with Crippen LogP contribution in [0, 0.1) is 12.8 Å². The molecule has 1 unspecified atom stereocenters. The fourth-order valence-corrected chi connectivity index (χ4v) is 1.73. The molecule has 4 heteroatoms. The summed E-state index contributed by atoms with van der Waals surface area (Å²) in [6.07, 6.45) is 0. The predicted octanol–water partition coefficient (Wildman–Crippen LogP) is 2.18. The summed E-state index contributed by atoms with van der Waals surface area (Å²) in [5.41, 5.74) is 7.29. The number of rotatable bonds is 5. The van der Waals surface area contributed by atoms with Crippen LogP contribution in [0.5, 0.6) is 11.5 Å². The van der Waals surface area contributed by atoms with E-state index in [-0.39, 0.29) is 11.7 Å². The molecule has 0 aromatic heterocycles. The molecule has 0 spiro atoms. The van der Waals surface area contributed by atoms with Crippen LogP contribution in [0.3, 0.4) is 0 Å². The third-order valence-corrected chi connectivity index (χ3v) is 3.00. The third-order valence-electron chi connectivity index (χ3n) is 3.00. The Kier molecular flexibility index (Phi) is 4.73. The highest BCUT2D eigenvalue weighted by atomic mass is 16.5. The van der Waals surface area contributed by atoms with Gasteiger partial charge in [-0.25, -0.2) is 0 Å². The van der Waals surface area contributed by atoms with Crippen molar-refractivity contribution in [1.82, 2.24) is 0 Å². The lowest BCUT2D eigenvalue weighted by molar-refractivity contribution is 0.0937. The van der Waals surface area contributed by atoms with Crippen LogP contribution >= 0.6 is 0 Å². The van der Waals surface area contributed by atoms with Crippen LogP contribution in [0.25, 0.3) is 0 Å². The lowest BCUT2D eigenvalue weighted by atomic mass is 9.94. The SMILES string of the molecule is COc1cc(C(=O)C(N)C(C)C)c(OC)cc1C. The standard InChI is InChI=1S/C14H21NO3/c1-8(2)13(15)14(16)10-7-11(17-4)9(3)6-12(10)18-5/h6-8,13H,15H2,1-5H3. The van der Waals surface area contributed by atoms with Gasteiger partial charge in [-0.2, -0.15) is 0 Å². The maximum atomic E-state index is 12.3. The van der Waals surface area contributed by atoms with Gasteiger partial charge in [0, 0.05) is 0 Å². The molecule has 0 heterocycles. The van der Waals surface area contributed by atoms with E-state index in [1.807, 2.05) is 20.8 Å². The minimum atomic E-state index is -0.536. The van der Waals surface area contributed by atoms with Crippen LogP contribution < -0.4 is 15.2 Å². The molecule has 0 aliphatic rings. The van der Waals surface area contributed by atoms with Crippen LogP contribution in [0.4, 0.5) is 0 Å². The van der Waals surface area contributed by atoms with Crippen LogP contribution in [0.1, 0.15) is 29.8 Å². The van der Waals surface area contributed by atoms with Gasteiger partial charge >= 0.3 is 0 Å². The summed E-state index contributed by atoms with van der Waals surface area (Å²) in [6.45, 7) is 5.74. The predicted molar refractivity (Wildman–Crippen MR) is 71.4 cm³/mol. The summed E-state index contributed by atoms with van der Waals surface area (Å²) in [4.78, 5) is 12.3. The van der Waals surface area contributed by atoms with Crippen molar-refractivity contribution in [3.63, 3.8) is 0 Å². The van der Waals surface area contributed by atoms with Gasteiger partial charge in [-0.1, -0.05) is 13.8 Å². The first-order valence-electron chi connectivity index (χ1n) is 5.94. The van der Waals surface area contributed by atoms with Gasteiger partial charge in [0.15, 0.2) is 5.78 Å². The van der Waals surface area contributed by atoms with Crippen molar-refractivity contribution < 1.29 is 14.3 Å². The van der Waals surface area contributed by atoms with Crippen LogP contribution in [0.2, 0.25) is 0 Å². The molecule has 0 bridgehead atoms. The summed E-state index contributed by atoms with van der Waals surface area (Å²) in [7, 11) is 3.12. The Morgan fingerprint density at radius 1 is 1.17 bits per heavy atom. The summed E-state index contributed by atoms with van der Waals surface area (Å²) in [5.74, 6) is 1.15. The number of methoxy groups -OCH3 is 2. The van der Waals surface area contributed by atoms with E-state index in [0.717, 1.165) is 5.56 Å². The van der Waals surface area contributed by atoms with E-state index in [9.17, 15) is 4.79 Å². The number of hydrogen-bond donors (Lipinski definition) is 1. The summed E-state index contributed by atoms with van der Waals surface area (Å²) >= 11 is 0. The molecule has 18 heavy (non-hydrogen) atoms. The van der Waals surface area contributed by atoms with E-state index in [0.29, 0.717) is 17.1 Å². The zero-order valence-corrected chi connectivity index (χ0v) is 11.6. The van der Waals surface area contributed by atoms with Gasteiger partial charge in [-0.3, -0.25) is 4.79 Å². The second-order valence-electron chi connectivity index (χ2n) is 4.66. The Labute approximate surface area is 108 Å². The lowest BCUT2D eigenvalue weighted by Gasteiger charge is -2.17. The molecule has 0 amide bonds. The van der Waals surface area contributed by atoms with Crippen molar-refractivity contribution in [3.8, 4) is 11.5 Å². The maximum Gasteiger partial charge on any atom is 0.183 e. The summed E-state index contributed by atoms with van der Waals surface area (Å²) < 4.78 is 10.5. The van der Waals surface area contributed by atoms with Gasteiger partial charge in [-0.15, -0.1) is 0 Å². The Bertz CT molecular complexity index is 441. The Morgan fingerprint density at radius 3 is 2.17 bits per heavy atom. The second-order valence-corrected chi connectivity index (χ2v) is 4.66. The van der Waals surface area contributed by atoms with E-state index >= 15 is 0 Å². The number of hydrogen-bond acceptors (Lipinski definition) is 4. The number of carbonyl (C=O) groups is 1. The largest absolute Gasteiger partial charge is 0.496 e. The highest BCUT2D eigenvalue weighted by molar-refractivity contribution is 6.03. The summed E-state index contributed by atoms with van der Waals surface area (Å²) in [5, 5.41) is 0. The highest BCUT2D eigenvalue weighted by Gasteiger charge is 2.23. The van der Waals surface area contributed by atoms with Crippen molar-refractivity contribution in [2.24, 2.45) is 11.7 Å². The number of ketones is 1. The molecule has 2 N–H and O–H groups in total. The van der Waals surface area contributed by atoms with E-state index in [4.69, 9.17) is 15.2 Å². The molecule has 0 radical (unpaired) electrons. The average molecular weight is 251 g/mol. The van der Waals surface area contributed by atoms with Gasteiger partial charge in [0.05, 0.1) is 25.8 Å². The molecular formula is C14H21NO3. The normalized spacial score (nSPS) is 12.4. The first kappa shape index (κ1) is 14.5. The van der Waals surface area contributed by atoms with Crippen LogP contribution in [0.15, 0.2) is 12.1 Å². The molecule has 0 fully saturated rings. The fourth-order valence-electron chi connectivity index (χ4n) is 1.73. The average Bonchev–Trinajstić information content (AvgIpc) is 2.36. The second kappa shape index (κ2) is 5.87. The molecular weight excluding hydrogens is 230 g/mol. The zero-order valence-electron chi connectivity index (χ0n) is 11.6. The minimum Gasteiger partial charge on any atom is -0.496 e. The van der Waals surface area contributed by atoms with Crippen molar-refractivity contribution in [2.45, 2.75) is 26.8 Å². The van der Waals surface area contributed by atoms with Gasteiger partial charge in [0.2, 0.25) is 0 Å². The van der Waals surface area contributed by atoms with Gasteiger partial charge in [0.1, 0.15) is 11.5 Å². The van der Waals surface area contributed by atoms with Crippen molar-refractivity contribution in [2.75, 3.05) is 14.2 Å². The molecule has 1 aromatic carbocycles. The molecule has 1 rings (SSSR count). The summed E-state index contributed by atoms with van der Waals surface area (Å²) in [6, 6.07) is 2.95. The van der Waals surface area contributed by atoms with E-state index < -0.39 is 6.04 Å². The molecule has 1 atom stereocenters. The maximum absolute atomic E-state index is 12.3. The molecule has 0 saturated heterocycles. The minimum absolute atomic E-state index is 0.0782. The lowest BCUT2D eigenvalue weighted by Crippen LogP contribution is -2.35. The molecule has 0 aliphatic carbocycles. The number of Topliss-reactive ketones (excluding diaryl/α,β-unsaturated/α-hetero) is 1. The number of carbonyl (C=O) groups excluding carboxylic acids is 1. The molecule has 1 aromatic rings. The van der Waals surface area contributed by atoms with E-state index in [1.165, 1.54) is 0 Å². The molecule has 0 saturated carbocycles. The number of ether oxygens (including phenoxy) is 2. The topological polar surface area (TPSA) is 61.5 Å². The molecule has 100 valence electrons. The van der Waals surface area contributed by atoms with Gasteiger partial charge < -0.3 is 15.2 Å². The fraction of sp³-hybridized carbons (Fsp3) is 0.500. The van der Waals surface area contributed by atoms with Gasteiger partial charge in [-0.05, 0) is 30.5 Å². The van der Waals surface area contributed by atoms with Crippen molar-refractivity contribution >= 4 is 5.78 Å². The number of aryl methyl sites for hydroxylation is 1. The Morgan fingerprint density at radius 2 is 1.72 bits per heavy atom. The van der Waals surface area contributed by atoms with Crippen LogP contribution in [-0.4, -0.2) is 26.0 Å². The quantitative estimate of drug-likeness (QED) is 0.815. The Hall–Kier alpha value is -1.55. The first-order chi connectivity index (χ1) is 8.42. The van der Waals surface area contributed by atoms with Crippen LogP contribution in [-0.2, 0) is 0 Å².